The summed E-state index contributed by atoms with van der Waals surface area (Å²) in [5.74, 6) is 0.776. The Kier molecular flexibility index (Phi) is 2.09. The molecule has 0 aliphatic heterocycles. The highest BCUT2D eigenvalue weighted by atomic mass is 79.9. The molecule has 2 N–H and O–H groups in total. The first-order valence-corrected chi connectivity index (χ1v) is 3.64. The third-order valence-corrected chi connectivity index (χ3v) is 1.42. The number of nitrogens with two attached hydrogens (primary N) is 1. The lowest BCUT2D eigenvalue weighted by atomic mass is 10.6. The van der Waals surface area contributed by atoms with Crippen LogP contribution in [0.3, 0.4) is 0 Å². The zero-order valence-corrected chi connectivity index (χ0v) is 7.37. The first kappa shape index (κ1) is 8.00. The Labute approximate surface area is 72.5 Å². The minimum atomic E-state index is 0.209. The van der Waals surface area contributed by atoms with E-state index in [1.165, 1.54) is 10.9 Å². The van der Waals surface area contributed by atoms with Gasteiger partial charge in [0.1, 0.15) is 0 Å². The summed E-state index contributed by atoms with van der Waals surface area (Å²) < 4.78 is 2.08. The summed E-state index contributed by atoms with van der Waals surface area (Å²) in [5, 5.41) is 3.82. The van der Waals surface area contributed by atoms with Gasteiger partial charge in [-0.05, 0) is 15.9 Å². The summed E-state index contributed by atoms with van der Waals surface area (Å²) in [6.07, 6.45) is 1.51. The quantitative estimate of drug-likeness (QED) is 0.809. The number of aromatic nitrogens is 3. The van der Waals surface area contributed by atoms with Crippen LogP contribution in [-0.2, 0) is 0 Å². The van der Waals surface area contributed by atoms with Crippen LogP contribution in [0, 0.1) is 0 Å². The lowest BCUT2D eigenvalue weighted by Crippen LogP contribution is -1.93. The molecule has 58 valence electrons. The highest BCUT2D eigenvalue weighted by molar-refractivity contribution is 9.15. The molecule has 0 bridgehead atoms. The number of halogens is 1. The van der Waals surface area contributed by atoms with E-state index in [4.69, 9.17) is 5.73 Å². The zero-order chi connectivity index (χ0) is 8.43. The van der Waals surface area contributed by atoms with E-state index in [0.29, 0.717) is 10.3 Å². The molecule has 0 saturated carbocycles. The molecule has 0 atom stereocenters. The fourth-order valence-corrected chi connectivity index (χ4v) is 0.922. The van der Waals surface area contributed by atoms with Gasteiger partial charge in [0.05, 0.1) is 4.48 Å². The van der Waals surface area contributed by atoms with Gasteiger partial charge in [-0.2, -0.15) is 4.98 Å². The number of rotatable bonds is 2. The van der Waals surface area contributed by atoms with E-state index in [2.05, 4.69) is 39.2 Å². The van der Waals surface area contributed by atoms with Gasteiger partial charge in [-0.3, -0.25) is 0 Å². The predicted octanol–water partition coefficient (Wildman–Crippen LogP) is 1.33. The third-order valence-electron chi connectivity index (χ3n) is 1.06. The standard InChI is InChI=1S/C6H7BrN4/c1-3-11-5(4(2)7)9-6(8)10-11/h3H,1-2H2,(H2,8,10). The Bertz CT molecular complexity index is 302. The van der Waals surface area contributed by atoms with Crippen LogP contribution < -0.4 is 5.73 Å². The zero-order valence-electron chi connectivity index (χ0n) is 5.79. The Hall–Kier alpha value is -1.10. The predicted molar refractivity (Wildman–Crippen MR) is 48.8 cm³/mol. The molecule has 0 aliphatic rings. The number of nitrogens with zero attached hydrogens (tertiary/aromatic N) is 3. The molecule has 1 aromatic heterocycles. The Morgan fingerprint density at radius 3 is 2.73 bits per heavy atom. The van der Waals surface area contributed by atoms with Crippen molar-refractivity contribution in [1.29, 1.82) is 0 Å². The fourth-order valence-electron chi connectivity index (χ4n) is 0.652. The smallest absolute Gasteiger partial charge is 0.240 e. The molecule has 0 radical (unpaired) electrons. The number of hydrogen-bond donors (Lipinski definition) is 1. The third kappa shape index (κ3) is 1.48. The molecule has 1 heterocycles. The summed E-state index contributed by atoms with van der Waals surface area (Å²) in [6, 6.07) is 0. The van der Waals surface area contributed by atoms with Crippen molar-refractivity contribution >= 4 is 32.6 Å². The molecule has 1 rings (SSSR count). The number of nitrogen functional groups attached to an aromatic ring is 1. The molecule has 11 heavy (non-hydrogen) atoms. The largest absolute Gasteiger partial charge is 0.366 e. The van der Waals surface area contributed by atoms with Crippen LogP contribution in [0.2, 0.25) is 0 Å². The second kappa shape index (κ2) is 2.87. The van der Waals surface area contributed by atoms with Crippen LogP contribution in [0.4, 0.5) is 5.95 Å². The van der Waals surface area contributed by atoms with Gasteiger partial charge >= 0.3 is 0 Å². The van der Waals surface area contributed by atoms with Gasteiger partial charge in [0.2, 0.25) is 5.95 Å². The molecule has 0 amide bonds. The van der Waals surface area contributed by atoms with Crippen molar-refractivity contribution in [2.45, 2.75) is 0 Å². The van der Waals surface area contributed by atoms with E-state index in [0.717, 1.165) is 0 Å². The van der Waals surface area contributed by atoms with E-state index >= 15 is 0 Å². The van der Waals surface area contributed by atoms with Crippen molar-refractivity contribution in [3.8, 4) is 0 Å². The maximum atomic E-state index is 5.34. The summed E-state index contributed by atoms with van der Waals surface area (Å²) >= 11 is 3.17. The normalized spacial score (nSPS) is 9.55. The van der Waals surface area contributed by atoms with Gasteiger partial charge in [0, 0.05) is 6.20 Å². The lowest BCUT2D eigenvalue weighted by molar-refractivity contribution is 0.927. The lowest BCUT2D eigenvalue weighted by Gasteiger charge is -1.93. The molecule has 0 aromatic carbocycles. The van der Waals surface area contributed by atoms with Crippen LogP contribution in [-0.4, -0.2) is 14.8 Å². The van der Waals surface area contributed by atoms with Gasteiger partial charge in [-0.15, -0.1) is 5.10 Å². The van der Waals surface area contributed by atoms with Crippen molar-refractivity contribution in [1.82, 2.24) is 14.8 Å². The maximum absolute atomic E-state index is 5.34. The van der Waals surface area contributed by atoms with E-state index < -0.39 is 0 Å². The minimum Gasteiger partial charge on any atom is -0.366 e. The molecule has 0 unspecified atom stereocenters. The first-order valence-electron chi connectivity index (χ1n) is 2.84. The topological polar surface area (TPSA) is 56.7 Å². The maximum Gasteiger partial charge on any atom is 0.240 e. The van der Waals surface area contributed by atoms with E-state index in [1.54, 1.807) is 0 Å². The van der Waals surface area contributed by atoms with Crippen LogP contribution >= 0.6 is 15.9 Å². The van der Waals surface area contributed by atoms with Crippen molar-refractivity contribution in [3.05, 3.63) is 19.0 Å². The highest BCUT2D eigenvalue weighted by Gasteiger charge is 2.05. The number of anilines is 1. The molecular formula is C6H7BrN4. The van der Waals surface area contributed by atoms with Gasteiger partial charge in [0.15, 0.2) is 5.82 Å². The average molecular weight is 215 g/mol. The fraction of sp³-hybridized carbons (Fsp3) is 0. The Morgan fingerprint density at radius 2 is 2.36 bits per heavy atom. The van der Waals surface area contributed by atoms with Crippen LogP contribution in [0.15, 0.2) is 13.2 Å². The van der Waals surface area contributed by atoms with Crippen molar-refractivity contribution in [2.24, 2.45) is 0 Å². The summed E-state index contributed by atoms with van der Waals surface area (Å²) in [6.45, 7) is 7.17. The van der Waals surface area contributed by atoms with E-state index in [9.17, 15) is 0 Å². The highest BCUT2D eigenvalue weighted by Crippen LogP contribution is 2.16. The molecule has 4 nitrogen and oxygen atoms in total. The van der Waals surface area contributed by atoms with Crippen LogP contribution in [0.1, 0.15) is 5.82 Å². The molecule has 5 heteroatoms. The van der Waals surface area contributed by atoms with Crippen molar-refractivity contribution in [2.75, 3.05) is 5.73 Å². The molecule has 0 aliphatic carbocycles. The van der Waals surface area contributed by atoms with Crippen molar-refractivity contribution < 1.29 is 0 Å². The second-order valence-electron chi connectivity index (χ2n) is 1.83. The Balaban J connectivity index is 3.22. The summed E-state index contributed by atoms with van der Waals surface area (Å²) in [5.41, 5.74) is 5.34. The van der Waals surface area contributed by atoms with E-state index in [1.807, 2.05) is 0 Å². The summed E-state index contributed by atoms with van der Waals surface area (Å²) in [4.78, 5) is 3.89. The Morgan fingerprint density at radius 1 is 1.73 bits per heavy atom. The van der Waals surface area contributed by atoms with Crippen molar-refractivity contribution in [3.63, 3.8) is 0 Å². The van der Waals surface area contributed by atoms with Crippen LogP contribution in [0.5, 0.6) is 0 Å². The first-order chi connectivity index (χ1) is 5.15. The SMILES string of the molecule is C=Cn1nc(N)nc1C(=C)Br. The molecular weight excluding hydrogens is 208 g/mol. The average Bonchev–Trinajstić information content (AvgIpc) is 2.30. The van der Waals surface area contributed by atoms with Crippen LogP contribution in [0.25, 0.3) is 10.7 Å². The van der Waals surface area contributed by atoms with Gasteiger partial charge in [-0.1, -0.05) is 13.2 Å². The molecule has 0 fully saturated rings. The summed E-state index contributed by atoms with van der Waals surface area (Å²) in [7, 11) is 0. The van der Waals surface area contributed by atoms with Gasteiger partial charge < -0.3 is 5.73 Å². The monoisotopic (exact) mass is 214 g/mol. The number of hydrogen-bond acceptors (Lipinski definition) is 3. The minimum absolute atomic E-state index is 0.209. The van der Waals surface area contributed by atoms with E-state index in [-0.39, 0.29) is 5.95 Å². The molecule has 0 spiro atoms. The molecule has 0 saturated heterocycles. The second-order valence-corrected chi connectivity index (χ2v) is 2.78. The molecule has 1 aromatic rings. The van der Waals surface area contributed by atoms with Gasteiger partial charge in [-0.25, -0.2) is 4.68 Å². The van der Waals surface area contributed by atoms with Gasteiger partial charge in [0.25, 0.3) is 0 Å².